The molecular weight excluding hydrogens is 266 g/mol. The number of thiophene rings is 1. The van der Waals surface area contributed by atoms with Crippen LogP contribution in [0.2, 0.25) is 4.34 Å². The second kappa shape index (κ2) is 4.95. The SMILES string of the molecule is COC(=O)Cc1csc(-c2ccc(Cl)s2)n1. The summed E-state index contributed by atoms with van der Waals surface area (Å²) in [6, 6.07) is 3.76. The zero-order valence-corrected chi connectivity index (χ0v) is 10.8. The van der Waals surface area contributed by atoms with Crippen LogP contribution in [0.5, 0.6) is 0 Å². The number of nitrogens with zero attached hydrogens (tertiary/aromatic N) is 1. The fourth-order valence-electron chi connectivity index (χ4n) is 1.15. The van der Waals surface area contributed by atoms with Gasteiger partial charge in [0.15, 0.2) is 0 Å². The Kier molecular flexibility index (Phi) is 3.58. The molecule has 0 fully saturated rings. The Morgan fingerprint density at radius 3 is 3.00 bits per heavy atom. The zero-order valence-electron chi connectivity index (χ0n) is 8.40. The molecule has 0 radical (unpaired) electrons. The van der Waals surface area contributed by atoms with Crippen LogP contribution in [0.3, 0.4) is 0 Å². The van der Waals surface area contributed by atoms with E-state index in [1.807, 2.05) is 17.5 Å². The number of hydrogen-bond donors (Lipinski definition) is 0. The largest absolute Gasteiger partial charge is 0.469 e. The predicted octanol–water partition coefficient (Wildman–Crippen LogP) is 3.24. The number of methoxy groups -OCH3 is 1. The molecular formula is C10H8ClNO2S2. The Balaban J connectivity index is 2.16. The van der Waals surface area contributed by atoms with Crippen LogP contribution in [0.1, 0.15) is 5.69 Å². The summed E-state index contributed by atoms with van der Waals surface area (Å²) in [4.78, 5) is 16.4. The molecule has 0 aliphatic heterocycles. The maximum absolute atomic E-state index is 11.1. The fraction of sp³-hybridized carbons (Fsp3) is 0.200. The molecule has 2 aromatic rings. The normalized spacial score (nSPS) is 10.4. The maximum atomic E-state index is 11.1. The lowest BCUT2D eigenvalue weighted by Crippen LogP contribution is -2.04. The van der Waals surface area contributed by atoms with E-state index in [1.54, 1.807) is 0 Å². The molecule has 0 bridgehead atoms. The molecule has 0 aromatic carbocycles. The van der Waals surface area contributed by atoms with Crippen molar-refractivity contribution in [3.63, 3.8) is 0 Å². The van der Waals surface area contributed by atoms with Gasteiger partial charge in [0, 0.05) is 5.38 Å². The Hall–Kier alpha value is -0.910. The van der Waals surface area contributed by atoms with Crippen molar-refractivity contribution < 1.29 is 9.53 Å². The topological polar surface area (TPSA) is 39.2 Å². The van der Waals surface area contributed by atoms with Gasteiger partial charge >= 0.3 is 5.97 Å². The van der Waals surface area contributed by atoms with Crippen molar-refractivity contribution in [3.8, 4) is 9.88 Å². The van der Waals surface area contributed by atoms with Crippen LogP contribution in [0.15, 0.2) is 17.5 Å². The number of aromatic nitrogens is 1. The van der Waals surface area contributed by atoms with Crippen molar-refractivity contribution in [1.82, 2.24) is 4.98 Å². The van der Waals surface area contributed by atoms with Gasteiger partial charge in [0.25, 0.3) is 0 Å². The number of ether oxygens (including phenoxy) is 1. The molecule has 0 saturated heterocycles. The molecule has 2 heterocycles. The van der Waals surface area contributed by atoms with Crippen LogP contribution in [0, 0.1) is 0 Å². The van der Waals surface area contributed by atoms with Crippen LogP contribution in [-0.4, -0.2) is 18.1 Å². The molecule has 0 spiro atoms. The standard InChI is InChI=1S/C10H8ClNO2S2/c1-14-9(13)4-6-5-15-10(12-6)7-2-3-8(11)16-7/h2-3,5H,4H2,1H3. The lowest BCUT2D eigenvalue weighted by molar-refractivity contribution is -0.139. The lowest BCUT2D eigenvalue weighted by Gasteiger charge is -1.93. The molecule has 2 aromatic heterocycles. The number of hydrogen-bond acceptors (Lipinski definition) is 5. The van der Waals surface area contributed by atoms with Gasteiger partial charge in [-0.25, -0.2) is 4.98 Å². The van der Waals surface area contributed by atoms with Crippen molar-refractivity contribution in [2.24, 2.45) is 0 Å². The average molecular weight is 274 g/mol. The summed E-state index contributed by atoms with van der Waals surface area (Å²) >= 11 is 8.82. The summed E-state index contributed by atoms with van der Waals surface area (Å²) in [5, 5.41) is 2.75. The molecule has 16 heavy (non-hydrogen) atoms. The highest BCUT2D eigenvalue weighted by molar-refractivity contribution is 7.23. The Morgan fingerprint density at radius 2 is 2.38 bits per heavy atom. The van der Waals surface area contributed by atoms with Gasteiger partial charge < -0.3 is 4.74 Å². The third-order valence-corrected chi connectivity index (χ3v) is 4.18. The van der Waals surface area contributed by atoms with E-state index in [2.05, 4.69) is 9.72 Å². The number of halogens is 1. The van der Waals surface area contributed by atoms with Gasteiger partial charge in [-0.2, -0.15) is 0 Å². The summed E-state index contributed by atoms with van der Waals surface area (Å²) in [6.45, 7) is 0. The minimum atomic E-state index is -0.277. The predicted molar refractivity (Wildman–Crippen MR) is 66.2 cm³/mol. The van der Waals surface area contributed by atoms with E-state index < -0.39 is 0 Å². The van der Waals surface area contributed by atoms with E-state index >= 15 is 0 Å². The molecule has 0 N–H and O–H groups in total. The number of carbonyl (C=O) groups is 1. The second-order valence-corrected chi connectivity index (χ2v) is 5.57. The van der Waals surface area contributed by atoms with Crippen LogP contribution in [0.25, 0.3) is 9.88 Å². The van der Waals surface area contributed by atoms with Gasteiger partial charge in [-0.05, 0) is 12.1 Å². The molecule has 3 nitrogen and oxygen atoms in total. The number of carbonyl (C=O) groups excluding carboxylic acids is 1. The summed E-state index contributed by atoms with van der Waals surface area (Å²) in [5.74, 6) is -0.277. The van der Waals surface area contributed by atoms with E-state index in [0.29, 0.717) is 0 Å². The van der Waals surface area contributed by atoms with Gasteiger partial charge in [-0.1, -0.05) is 11.6 Å². The van der Waals surface area contributed by atoms with Crippen molar-refractivity contribution in [2.45, 2.75) is 6.42 Å². The average Bonchev–Trinajstić information content (AvgIpc) is 2.87. The second-order valence-electron chi connectivity index (χ2n) is 3.00. The Bertz CT molecular complexity index is 506. The first-order valence-electron chi connectivity index (χ1n) is 4.46. The third-order valence-electron chi connectivity index (χ3n) is 1.89. The lowest BCUT2D eigenvalue weighted by atomic mass is 10.3. The monoisotopic (exact) mass is 273 g/mol. The molecule has 2 rings (SSSR count). The van der Waals surface area contributed by atoms with E-state index in [1.165, 1.54) is 29.8 Å². The summed E-state index contributed by atoms with van der Waals surface area (Å²) in [6.07, 6.45) is 0.214. The number of thiazole rings is 1. The molecule has 0 aliphatic carbocycles. The van der Waals surface area contributed by atoms with Crippen molar-refractivity contribution >= 4 is 40.2 Å². The Labute approximate surface area is 106 Å². The first-order chi connectivity index (χ1) is 7.69. The van der Waals surface area contributed by atoms with Gasteiger partial charge in [0.05, 0.1) is 28.4 Å². The van der Waals surface area contributed by atoms with Crippen LogP contribution in [-0.2, 0) is 16.0 Å². The molecule has 0 saturated carbocycles. The first kappa shape index (κ1) is 11.6. The number of esters is 1. The molecule has 0 unspecified atom stereocenters. The highest BCUT2D eigenvalue weighted by Crippen LogP contribution is 2.32. The minimum Gasteiger partial charge on any atom is -0.469 e. The fourth-order valence-corrected chi connectivity index (χ4v) is 3.09. The smallest absolute Gasteiger partial charge is 0.311 e. The minimum absolute atomic E-state index is 0.214. The van der Waals surface area contributed by atoms with E-state index in [-0.39, 0.29) is 12.4 Å². The highest BCUT2D eigenvalue weighted by atomic mass is 35.5. The highest BCUT2D eigenvalue weighted by Gasteiger charge is 2.10. The van der Waals surface area contributed by atoms with Crippen molar-refractivity contribution in [1.29, 1.82) is 0 Å². The summed E-state index contributed by atoms with van der Waals surface area (Å²) in [7, 11) is 1.37. The quantitative estimate of drug-likeness (QED) is 0.806. The summed E-state index contributed by atoms with van der Waals surface area (Å²) < 4.78 is 5.32. The molecule has 0 amide bonds. The van der Waals surface area contributed by atoms with Gasteiger partial charge in [0.2, 0.25) is 0 Å². The third kappa shape index (κ3) is 2.61. The van der Waals surface area contributed by atoms with Gasteiger partial charge in [0.1, 0.15) is 5.01 Å². The maximum Gasteiger partial charge on any atom is 0.311 e. The Morgan fingerprint density at radius 1 is 1.56 bits per heavy atom. The van der Waals surface area contributed by atoms with Crippen molar-refractivity contribution in [2.75, 3.05) is 7.11 Å². The molecule has 0 aliphatic rings. The molecule has 84 valence electrons. The van der Waals surface area contributed by atoms with Gasteiger partial charge in [-0.3, -0.25) is 4.79 Å². The van der Waals surface area contributed by atoms with Crippen molar-refractivity contribution in [3.05, 3.63) is 27.5 Å². The van der Waals surface area contributed by atoms with Gasteiger partial charge in [-0.15, -0.1) is 22.7 Å². The van der Waals surface area contributed by atoms with E-state index in [0.717, 1.165) is 19.9 Å². The molecule has 0 atom stereocenters. The van der Waals surface area contributed by atoms with E-state index in [4.69, 9.17) is 11.6 Å². The van der Waals surface area contributed by atoms with Crippen LogP contribution >= 0.6 is 34.3 Å². The summed E-state index contributed by atoms with van der Waals surface area (Å²) in [5.41, 5.74) is 0.733. The first-order valence-corrected chi connectivity index (χ1v) is 6.53. The van der Waals surface area contributed by atoms with Crippen LogP contribution < -0.4 is 0 Å². The van der Waals surface area contributed by atoms with E-state index in [9.17, 15) is 4.79 Å². The van der Waals surface area contributed by atoms with Crippen LogP contribution in [0.4, 0.5) is 0 Å². The number of rotatable bonds is 3. The zero-order chi connectivity index (χ0) is 11.5. The molecule has 6 heteroatoms.